The lowest BCUT2D eigenvalue weighted by Crippen LogP contribution is -2.20. The Labute approximate surface area is 101 Å². The Hall–Kier alpha value is -0.930. The highest BCUT2D eigenvalue weighted by molar-refractivity contribution is 6.31. The molecular weight excluding hydrogens is 224 g/mol. The summed E-state index contributed by atoms with van der Waals surface area (Å²) in [6.07, 6.45) is 1.32. The summed E-state index contributed by atoms with van der Waals surface area (Å²) in [5.74, 6) is 0.880. The van der Waals surface area contributed by atoms with Gasteiger partial charge in [0.2, 0.25) is 0 Å². The Morgan fingerprint density at radius 1 is 1.50 bits per heavy atom. The van der Waals surface area contributed by atoms with Crippen LogP contribution in [0.4, 0.5) is 5.69 Å². The largest absolute Gasteiger partial charge is 0.489 e. The molecule has 0 aliphatic carbocycles. The number of ether oxygens (including phenoxy) is 1. The number of hydrogen-bond acceptors (Lipinski definition) is 3. The molecular formula is C12H17ClN2O. The molecule has 2 N–H and O–H groups in total. The van der Waals surface area contributed by atoms with Crippen LogP contribution in [0.2, 0.25) is 5.02 Å². The van der Waals surface area contributed by atoms with Gasteiger partial charge < -0.3 is 15.4 Å². The Kier molecular flexibility index (Phi) is 3.56. The van der Waals surface area contributed by atoms with Gasteiger partial charge >= 0.3 is 0 Å². The van der Waals surface area contributed by atoms with Gasteiger partial charge in [0.15, 0.2) is 0 Å². The Morgan fingerprint density at radius 2 is 2.31 bits per heavy atom. The van der Waals surface area contributed by atoms with Crippen LogP contribution in [0.3, 0.4) is 0 Å². The molecule has 1 aromatic carbocycles. The molecule has 1 heterocycles. The second-order valence-electron chi connectivity index (χ2n) is 4.06. The number of rotatable bonds is 3. The van der Waals surface area contributed by atoms with E-state index >= 15 is 0 Å². The molecule has 0 saturated carbocycles. The lowest BCUT2D eigenvalue weighted by atomic mass is 10.2. The Balaban J connectivity index is 2.20. The van der Waals surface area contributed by atoms with Crippen molar-refractivity contribution in [3.05, 3.63) is 22.7 Å². The van der Waals surface area contributed by atoms with Gasteiger partial charge in [0.05, 0.1) is 0 Å². The first-order chi connectivity index (χ1) is 7.70. The van der Waals surface area contributed by atoms with E-state index in [1.54, 1.807) is 0 Å². The molecule has 3 nitrogen and oxygen atoms in total. The fraction of sp³-hybridized carbons (Fsp3) is 0.500. The van der Waals surface area contributed by atoms with Gasteiger partial charge in [0, 0.05) is 35.9 Å². The molecule has 16 heavy (non-hydrogen) atoms. The van der Waals surface area contributed by atoms with E-state index in [0.717, 1.165) is 41.5 Å². The maximum absolute atomic E-state index is 6.15. The average molecular weight is 241 g/mol. The maximum atomic E-state index is 6.15. The molecule has 1 aliphatic rings. The minimum Gasteiger partial charge on any atom is -0.489 e. The first kappa shape index (κ1) is 11.6. The molecule has 1 aromatic rings. The van der Waals surface area contributed by atoms with Gasteiger partial charge in [-0.05, 0) is 26.0 Å². The van der Waals surface area contributed by atoms with Crippen molar-refractivity contribution in [1.82, 2.24) is 5.32 Å². The standard InChI is InChI=1S/C12H17ClN2O/c1-8-11(13)5-9(14-2)6-12(8)16-10-3-4-15-7-10/h5-6,10,14-15H,3-4,7H2,1-2H3. The molecule has 1 fully saturated rings. The van der Waals surface area contributed by atoms with E-state index in [-0.39, 0.29) is 6.10 Å². The minimum absolute atomic E-state index is 0.266. The van der Waals surface area contributed by atoms with Crippen molar-refractivity contribution in [1.29, 1.82) is 0 Å². The smallest absolute Gasteiger partial charge is 0.126 e. The maximum Gasteiger partial charge on any atom is 0.126 e. The van der Waals surface area contributed by atoms with Gasteiger partial charge in [-0.2, -0.15) is 0 Å². The number of anilines is 1. The summed E-state index contributed by atoms with van der Waals surface area (Å²) in [4.78, 5) is 0. The minimum atomic E-state index is 0.266. The monoisotopic (exact) mass is 240 g/mol. The van der Waals surface area contributed by atoms with Crippen molar-refractivity contribution < 1.29 is 4.74 Å². The lowest BCUT2D eigenvalue weighted by Gasteiger charge is -2.16. The molecule has 1 saturated heterocycles. The summed E-state index contributed by atoms with van der Waals surface area (Å²) in [7, 11) is 1.88. The molecule has 1 unspecified atom stereocenters. The Morgan fingerprint density at radius 3 is 2.94 bits per heavy atom. The van der Waals surface area contributed by atoms with Gasteiger partial charge in [0.1, 0.15) is 11.9 Å². The van der Waals surface area contributed by atoms with Crippen LogP contribution in [0.1, 0.15) is 12.0 Å². The fourth-order valence-corrected chi connectivity index (χ4v) is 2.04. The van der Waals surface area contributed by atoms with E-state index in [9.17, 15) is 0 Å². The third-order valence-corrected chi connectivity index (χ3v) is 3.29. The first-order valence-electron chi connectivity index (χ1n) is 5.56. The Bertz CT molecular complexity index is 376. The summed E-state index contributed by atoms with van der Waals surface area (Å²) < 4.78 is 5.94. The van der Waals surface area contributed by atoms with Crippen molar-refractivity contribution in [2.75, 3.05) is 25.5 Å². The van der Waals surface area contributed by atoms with Crippen LogP contribution < -0.4 is 15.4 Å². The van der Waals surface area contributed by atoms with Crippen LogP contribution in [0.15, 0.2) is 12.1 Å². The molecule has 0 radical (unpaired) electrons. The van der Waals surface area contributed by atoms with Crippen molar-refractivity contribution in [3.63, 3.8) is 0 Å². The lowest BCUT2D eigenvalue weighted by molar-refractivity contribution is 0.221. The summed E-state index contributed by atoms with van der Waals surface area (Å²) >= 11 is 6.15. The molecule has 88 valence electrons. The highest BCUT2D eigenvalue weighted by Crippen LogP contribution is 2.31. The van der Waals surface area contributed by atoms with Crippen molar-refractivity contribution in [2.24, 2.45) is 0 Å². The van der Waals surface area contributed by atoms with Gasteiger partial charge in [-0.25, -0.2) is 0 Å². The van der Waals surface area contributed by atoms with Crippen molar-refractivity contribution in [2.45, 2.75) is 19.4 Å². The number of hydrogen-bond donors (Lipinski definition) is 2. The zero-order chi connectivity index (χ0) is 11.5. The molecule has 1 aliphatic heterocycles. The predicted octanol–water partition coefficient (Wildman–Crippen LogP) is 2.43. The predicted molar refractivity (Wildman–Crippen MR) is 67.6 cm³/mol. The van der Waals surface area contributed by atoms with E-state index in [1.807, 2.05) is 26.1 Å². The number of nitrogens with one attached hydrogen (secondary N) is 2. The molecule has 1 atom stereocenters. The van der Waals surface area contributed by atoms with Crippen LogP contribution in [0, 0.1) is 6.92 Å². The second-order valence-corrected chi connectivity index (χ2v) is 4.47. The van der Waals surface area contributed by atoms with E-state index in [0.29, 0.717) is 0 Å². The van der Waals surface area contributed by atoms with Crippen LogP contribution in [-0.4, -0.2) is 26.2 Å². The third-order valence-electron chi connectivity index (χ3n) is 2.89. The van der Waals surface area contributed by atoms with Crippen LogP contribution in [-0.2, 0) is 0 Å². The second kappa shape index (κ2) is 4.93. The third kappa shape index (κ3) is 2.42. The van der Waals surface area contributed by atoms with Crippen LogP contribution in [0.5, 0.6) is 5.75 Å². The molecule has 4 heteroatoms. The molecule has 2 rings (SSSR count). The molecule has 0 amide bonds. The van der Waals surface area contributed by atoms with Gasteiger partial charge in [0.25, 0.3) is 0 Å². The molecule has 0 spiro atoms. The van der Waals surface area contributed by atoms with Gasteiger partial charge in [-0.3, -0.25) is 0 Å². The average Bonchev–Trinajstić information content (AvgIpc) is 2.77. The quantitative estimate of drug-likeness (QED) is 0.852. The summed E-state index contributed by atoms with van der Waals surface area (Å²) in [6.45, 7) is 3.93. The van der Waals surface area contributed by atoms with Gasteiger partial charge in [-0.1, -0.05) is 11.6 Å². The number of benzene rings is 1. The van der Waals surface area contributed by atoms with Gasteiger partial charge in [-0.15, -0.1) is 0 Å². The highest BCUT2D eigenvalue weighted by atomic mass is 35.5. The number of halogens is 1. The van der Waals surface area contributed by atoms with Crippen LogP contribution >= 0.6 is 11.6 Å². The van der Waals surface area contributed by atoms with E-state index in [4.69, 9.17) is 16.3 Å². The molecule has 0 aromatic heterocycles. The zero-order valence-corrected chi connectivity index (χ0v) is 10.4. The zero-order valence-electron chi connectivity index (χ0n) is 9.64. The normalized spacial score (nSPS) is 19.8. The van der Waals surface area contributed by atoms with Crippen LogP contribution in [0.25, 0.3) is 0 Å². The van der Waals surface area contributed by atoms with E-state index in [1.165, 1.54) is 0 Å². The summed E-state index contributed by atoms with van der Waals surface area (Å²) in [5, 5.41) is 7.11. The topological polar surface area (TPSA) is 33.3 Å². The molecule has 0 bridgehead atoms. The first-order valence-corrected chi connectivity index (χ1v) is 5.94. The summed E-state index contributed by atoms with van der Waals surface area (Å²) in [5.41, 5.74) is 1.99. The highest BCUT2D eigenvalue weighted by Gasteiger charge is 2.17. The summed E-state index contributed by atoms with van der Waals surface area (Å²) in [6, 6.07) is 3.91. The van der Waals surface area contributed by atoms with E-state index in [2.05, 4.69) is 10.6 Å². The van der Waals surface area contributed by atoms with Crippen molar-refractivity contribution in [3.8, 4) is 5.75 Å². The van der Waals surface area contributed by atoms with E-state index < -0.39 is 0 Å². The SMILES string of the molecule is CNc1cc(Cl)c(C)c(OC2CCNC2)c1. The van der Waals surface area contributed by atoms with Crippen molar-refractivity contribution >= 4 is 17.3 Å². The fourth-order valence-electron chi connectivity index (χ4n) is 1.83.